The molecule has 72 valence electrons. The summed E-state index contributed by atoms with van der Waals surface area (Å²) >= 11 is 5.02. The maximum absolute atomic E-state index is 10.3. The highest BCUT2D eigenvalue weighted by Crippen LogP contribution is 2.42. The van der Waals surface area contributed by atoms with E-state index in [4.69, 9.17) is 0 Å². The van der Waals surface area contributed by atoms with Gasteiger partial charge in [0.15, 0.2) is 0 Å². The van der Waals surface area contributed by atoms with Crippen LogP contribution in [0.3, 0.4) is 0 Å². The summed E-state index contributed by atoms with van der Waals surface area (Å²) in [6.45, 7) is 3.91. The summed E-state index contributed by atoms with van der Waals surface area (Å²) in [6.07, 6.45) is 0. The van der Waals surface area contributed by atoms with Crippen molar-refractivity contribution in [2.75, 3.05) is 5.75 Å². The highest BCUT2D eigenvalue weighted by Gasteiger charge is 1.92. The molecule has 0 aliphatic carbocycles. The third-order valence-corrected chi connectivity index (χ3v) is 4.04. The van der Waals surface area contributed by atoms with E-state index in [-0.39, 0.29) is 12.3 Å². The molecule has 0 aromatic heterocycles. The summed E-state index contributed by atoms with van der Waals surface area (Å²) in [5, 5.41) is 0. The third-order valence-electron chi connectivity index (χ3n) is 0.566. The van der Waals surface area contributed by atoms with E-state index in [1.54, 1.807) is 0 Å². The molecule has 0 bridgehead atoms. The van der Waals surface area contributed by atoms with Crippen molar-refractivity contribution in [2.24, 2.45) is 5.92 Å². The number of hydrogen-bond acceptors (Lipinski definition) is 4. The van der Waals surface area contributed by atoms with Gasteiger partial charge < -0.3 is 22.1 Å². The predicted octanol–water partition coefficient (Wildman–Crippen LogP) is 1.07. The summed E-state index contributed by atoms with van der Waals surface area (Å²) in [7, 11) is 0. The third kappa shape index (κ3) is 18.1. The molecule has 11 heavy (non-hydrogen) atoms. The van der Waals surface area contributed by atoms with Crippen LogP contribution in [0.2, 0.25) is 0 Å². The van der Waals surface area contributed by atoms with Gasteiger partial charge in [0.1, 0.15) is 0 Å². The Balaban J connectivity index is -0.000000320. The van der Waals surface area contributed by atoms with Crippen LogP contribution in [-0.2, 0) is 11.8 Å². The Bertz CT molecular complexity index is 127. The molecule has 0 saturated carbocycles. The lowest BCUT2D eigenvalue weighted by molar-refractivity contribution is -0.284. The monoisotopic (exact) mass is 220 g/mol. The van der Waals surface area contributed by atoms with Crippen LogP contribution in [-0.4, -0.2) is 5.75 Å². The molecule has 0 spiro atoms. The molecule has 0 unspecified atom stereocenters. The fraction of sp³-hybridized carbons (Fsp3) is 1.00. The fourth-order valence-corrected chi connectivity index (χ4v) is 2.71. The van der Waals surface area contributed by atoms with Crippen LogP contribution < -0.4 is 22.1 Å². The smallest absolute Gasteiger partial charge is 0.00188 e. The van der Waals surface area contributed by atoms with Gasteiger partial charge in [-0.25, -0.2) is 0 Å². The van der Waals surface area contributed by atoms with Crippen molar-refractivity contribution >= 4 is 28.9 Å². The van der Waals surface area contributed by atoms with E-state index in [1.165, 1.54) is 0 Å². The first-order chi connectivity index (χ1) is 3.92. The molecule has 0 rings (SSSR count). The van der Waals surface area contributed by atoms with E-state index in [0.717, 1.165) is 11.4 Å². The molecule has 0 aromatic carbocycles. The molecule has 0 saturated heterocycles. The minimum Gasteiger partial charge on any atom is -0.825 e. The van der Waals surface area contributed by atoms with E-state index in [0.29, 0.717) is 11.7 Å². The molecule has 0 fully saturated rings. The molecule has 0 radical (unpaired) electrons. The van der Waals surface area contributed by atoms with Gasteiger partial charge in [0.05, 0.1) is 0 Å². The lowest BCUT2D eigenvalue weighted by Crippen LogP contribution is -2.10. The number of rotatable bonds is 3. The van der Waals surface area contributed by atoms with Crippen LogP contribution in [0.5, 0.6) is 0 Å². The first kappa shape index (κ1) is 17.8. The Labute approximate surface area is 76.9 Å². The fourth-order valence-electron chi connectivity index (χ4n) is 0.240. The Morgan fingerprint density at radius 1 is 1.36 bits per heavy atom. The normalized spacial score (nSPS) is 10.3. The molecule has 7 heteroatoms. The molecule has 0 amide bonds. The number of quaternary nitrogens is 2. The highest BCUT2D eigenvalue weighted by atomic mass is 32.9. The zero-order valence-corrected chi connectivity index (χ0v) is 9.89. The molecular weight excluding hydrogens is 203 g/mol. The summed E-state index contributed by atoms with van der Waals surface area (Å²) in [5.74, 6) is 0.991. The van der Waals surface area contributed by atoms with Crippen molar-refractivity contribution in [1.29, 1.82) is 0 Å². The Hall–Kier alpha value is 0.840. The van der Waals surface area contributed by atoms with Crippen LogP contribution in [0.1, 0.15) is 13.8 Å². The highest BCUT2D eigenvalue weighted by molar-refractivity contribution is 8.66. The van der Waals surface area contributed by atoms with E-state index >= 15 is 0 Å². The summed E-state index contributed by atoms with van der Waals surface area (Å²) in [4.78, 5) is 20.7. The topological polar surface area (TPSA) is 119 Å². The average Bonchev–Trinajstić information content (AvgIpc) is 1.59. The van der Waals surface area contributed by atoms with Gasteiger partial charge >= 0.3 is 0 Å². The van der Waals surface area contributed by atoms with Crippen LogP contribution in [0.25, 0.3) is 0 Å². The van der Waals surface area contributed by atoms with Gasteiger partial charge in [0, 0.05) is 0 Å². The van der Waals surface area contributed by atoms with Crippen molar-refractivity contribution in [3.05, 3.63) is 0 Å². The van der Waals surface area contributed by atoms with Crippen molar-refractivity contribution in [1.82, 2.24) is 12.3 Å². The van der Waals surface area contributed by atoms with Crippen molar-refractivity contribution in [3.63, 3.8) is 0 Å². The van der Waals surface area contributed by atoms with Crippen LogP contribution in [0.4, 0.5) is 0 Å². The molecule has 0 heterocycles. The molecule has 0 aromatic rings. The molecule has 0 aliphatic rings. The maximum atomic E-state index is 10.3. The molecule has 0 aliphatic heterocycles. The first-order valence-electron chi connectivity index (χ1n) is 2.58. The van der Waals surface area contributed by atoms with Gasteiger partial charge in [-0.1, -0.05) is 13.8 Å². The predicted molar refractivity (Wildman–Crippen MR) is 53.6 cm³/mol. The summed E-state index contributed by atoms with van der Waals surface area (Å²) in [6, 6.07) is 0. The Morgan fingerprint density at radius 2 is 1.73 bits per heavy atom. The summed E-state index contributed by atoms with van der Waals surface area (Å²) < 4.78 is 0. The Kier molecular flexibility index (Phi) is 12.1. The number of hydrogen-bond donors (Lipinski definition) is 2. The van der Waals surface area contributed by atoms with Crippen molar-refractivity contribution in [2.45, 2.75) is 13.8 Å². The van der Waals surface area contributed by atoms with Crippen LogP contribution >= 0.6 is 17.1 Å². The maximum Gasteiger partial charge on any atom is -0.00188 e. The van der Waals surface area contributed by atoms with Crippen molar-refractivity contribution in [3.8, 4) is 0 Å². The zero-order valence-electron chi connectivity index (χ0n) is 7.36. The van der Waals surface area contributed by atoms with Crippen molar-refractivity contribution < 1.29 is 9.79 Å². The standard InChI is InChI=1S/C4H11O2PS2.2H3N/c1-4(2)3-9-7(5,6)8;;/h4H,3H2,1-2H3,(H2,5,6,8);2*1H3. The quantitative estimate of drug-likeness (QED) is 0.691. The van der Waals surface area contributed by atoms with Gasteiger partial charge in [-0.3, -0.25) is 0 Å². The average molecular weight is 220 g/mol. The van der Waals surface area contributed by atoms with Gasteiger partial charge in [-0.15, -0.1) is 11.8 Å². The van der Waals surface area contributed by atoms with Gasteiger partial charge in [0.25, 0.3) is 0 Å². The van der Waals surface area contributed by atoms with E-state index in [1.807, 2.05) is 13.8 Å². The molecular formula is C4H17N2O2PS2. The largest absolute Gasteiger partial charge is 0.825 e. The Morgan fingerprint density at radius 3 is 1.82 bits per heavy atom. The second-order valence-corrected chi connectivity index (χ2v) is 7.98. The van der Waals surface area contributed by atoms with Crippen LogP contribution in [0, 0.1) is 5.92 Å². The zero-order chi connectivity index (χ0) is 7.49. The van der Waals surface area contributed by atoms with Gasteiger partial charge in [0.2, 0.25) is 0 Å². The minimum absolute atomic E-state index is 0. The second kappa shape index (κ2) is 7.49. The second-order valence-electron chi connectivity index (χ2n) is 2.14. The van der Waals surface area contributed by atoms with E-state index < -0.39 is 5.69 Å². The van der Waals surface area contributed by atoms with E-state index in [2.05, 4.69) is 11.8 Å². The molecule has 4 nitrogen and oxygen atoms in total. The lowest BCUT2D eigenvalue weighted by atomic mass is 10.3. The van der Waals surface area contributed by atoms with E-state index in [9.17, 15) is 9.79 Å². The lowest BCUT2D eigenvalue weighted by Gasteiger charge is -2.34. The van der Waals surface area contributed by atoms with Crippen LogP contribution in [0.15, 0.2) is 0 Å². The minimum atomic E-state index is -3.47. The van der Waals surface area contributed by atoms with Gasteiger partial charge in [-0.05, 0) is 11.7 Å². The first-order valence-corrected chi connectivity index (χ1v) is 6.81. The molecule has 0 atom stereocenters. The molecule has 8 N–H and O–H groups in total. The SMILES string of the molecule is CC(C)CSP([O-])([O-])=S.[NH4+].[NH4+]. The van der Waals surface area contributed by atoms with Gasteiger partial charge in [-0.2, -0.15) is 17.1 Å². The summed E-state index contributed by atoms with van der Waals surface area (Å²) in [5.41, 5.74) is -3.47.